The zero-order valence-corrected chi connectivity index (χ0v) is 17.8. The van der Waals surface area contributed by atoms with E-state index >= 15 is 0 Å². The van der Waals surface area contributed by atoms with Gasteiger partial charge in [0.15, 0.2) is 0 Å². The lowest BCUT2D eigenvalue weighted by Crippen LogP contribution is -2.37. The van der Waals surface area contributed by atoms with E-state index in [9.17, 15) is 28.1 Å². The fourth-order valence-electron chi connectivity index (χ4n) is 2.65. The second-order valence-corrected chi connectivity index (χ2v) is 8.00. The van der Waals surface area contributed by atoms with Crippen LogP contribution >= 0.6 is 0 Å². The standard InChI is InChI=1S/C19H21N3O8S/c1-4-30-19(24)12-21(17-11-15(22(25)26)7-10-18(17)29-3)31(27,28)16-8-5-14(6-9-16)20-13(2)23/h5-11H,4,12H2,1-3H3,(H,20,23). The van der Waals surface area contributed by atoms with Crippen LogP contribution in [0, 0.1) is 10.1 Å². The normalized spacial score (nSPS) is 10.8. The maximum atomic E-state index is 13.4. The highest BCUT2D eigenvalue weighted by atomic mass is 32.2. The number of non-ortho nitro benzene ring substituents is 1. The first-order chi connectivity index (χ1) is 14.6. The first kappa shape index (κ1) is 23.6. The summed E-state index contributed by atoms with van der Waals surface area (Å²) in [5, 5.41) is 13.7. The molecule has 2 rings (SSSR count). The number of esters is 1. The molecular formula is C19H21N3O8S. The second kappa shape index (κ2) is 9.89. The summed E-state index contributed by atoms with van der Waals surface area (Å²) in [4.78, 5) is 33.6. The molecular weight excluding hydrogens is 430 g/mol. The number of hydrogen-bond donors (Lipinski definition) is 1. The van der Waals surface area contributed by atoms with Crippen LogP contribution in [-0.4, -0.2) is 45.5 Å². The number of amides is 1. The molecule has 0 atom stereocenters. The van der Waals surface area contributed by atoms with Gasteiger partial charge in [0.2, 0.25) is 5.91 Å². The van der Waals surface area contributed by atoms with Crippen molar-refractivity contribution in [1.29, 1.82) is 0 Å². The molecule has 1 amide bonds. The van der Waals surface area contributed by atoms with Gasteiger partial charge < -0.3 is 14.8 Å². The van der Waals surface area contributed by atoms with E-state index in [4.69, 9.17) is 9.47 Å². The number of nitrogens with zero attached hydrogens (tertiary/aromatic N) is 2. The van der Waals surface area contributed by atoms with Gasteiger partial charge in [0, 0.05) is 24.7 Å². The lowest BCUT2D eigenvalue weighted by molar-refractivity contribution is -0.384. The van der Waals surface area contributed by atoms with E-state index in [1.807, 2.05) is 0 Å². The lowest BCUT2D eigenvalue weighted by atomic mass is 10.2. The number of nitro benzene ring substituents is 1. The molecule has 1 N–H and O–H groups in total. The van der Waals surface area contributed by atoms with Crippen molar-refractivity contribution in [2.24, 2.45) is 0 Å². The van der Waals surface area contributed by atoms with Gasteiger partial charge in [-0.1, -0.05) is 0 Å². The average molecular weight is 451 g/mol. The molecule has 0 aromatic heterocycles. The Labute approximate surface area is 178 Å². The SMILES string of the molecule is CCOC(=O)CN(c1cc([N+](=O)[O-])ccc1OC)S(=O)(=O)c1ccc(NC(C)=O)cc1. The van der Waals surface area contributed by atoms with Crippen LogP contribution in [0.1, 0.15) is 13.8 Å². The van der Waals surface area contributed by atoms with Crippen molar-refractivity contribution in [3.63, 3.8) is 0 Å². The Morgan fingerprint density at radius 1 is 1.16 bits per heavy atom. The van der Waals surface area contributed by atoms with E-state index in [0.717, 1.165) is 12.1 Å². The number of methoxy groups -OCH3 is 1. The predicted octanol–water partition coefficient (Wildman–Crippen LogP) is 2.32. The van der Waals surface area contributed by atoms with E-state index in [1.54, 1.807) is 6.92 Å². The van der Waals surface area contributed by atoms with Crippen LogP contribution in [0.4, 0.5) is 17.1 Å². The third kappa shape index (κ3) is 5.69. The van der Waals surface area contributed by atoms with Crippen LogP contribution in [0.15, 0.2) is 47.4 Å². The van der Waals surface area contributed by atoms with Gasteiger partial charge in [0.05, 0.1) is 23.5 Å². The highest BCUT2D eigenvalue weighted by molar-refractivity contribution is 7.92. The minimum Gasteiger partial charge on any atom is -0.495 e. The molecule has 2 aromatic carbocycles. The minimum atomic E-state index is -4.37. The number of nitro groups is 1. The summed E-state index contributed by atoms with van der Waals surface area (Å²) in [6.45, 7) is 2.15. The second-order valence-electron chi connectivity index (χ2n) is 6.14. The quantitative estimate of drug-likeness (QED) is 0.347. The summed E-state index contributed by atoms with van der Waals surface area (Å²) >= 11 is 0. The Balaban J connectivity index is 2.60. The highest BCUT2D eigenvalue weighted by Crippen LogP contribution is 2.35. The Morgan fingerprint density at radius 2 is 1.81 bits per heavy atom. The Hall–Kier alpha value is -3.67. The summed E-state index contributed by atoms with van der Waals surface area (Å²) in [5.41, 5.74) is -0.215. The number of ether oxygens (including phenoxy) is 2. The minimum absolute atomic E-state index is 0.00772. The smallest absolute Gasteiger partial charge is 0.326 e. The third-order valence-electron chi connectivity index (χ3n) is 3.98. The van der Waals surface area contributed by atoms with Gasteiger partial charge in [-0.05, 0) is 37.3 Å². The van der Waals surface area contributed by atoms with E-state index < -0.39 is 27.5 Å². The van der Waals surface area contributed by atoms with E-state index in [-0.39, 0.29) is 34.5 Å². The fourth-order valence-corrected chi connectivity index (χ4v) is 4.06. The maximum Gasteiger partial charge on any atom is 0.326 e. The molecule has 0 radical (unpaired) electrons. The average Bonchev–Trinajstić information content (AvgIpc) is 2.71. The van der Waals surface area contributed by atoms with Crippen molar-refractivity contribution in [3.05, 3.63) is 52.6 Å². The number of sulfonamides is 1. The van der Waals surface area contributed by atoms with Crippen molar-refractivity contribution in [2.75, 3.05) is 29.9 Å². The number of rotatable bonds is 9. The van der Waals surface area contributed by atoms with Gasteiger partial charge in [0.25, 0.3) is 15.7 Å². The molecule has 2 aromatic rings. The van der Waals surface area contributed by atoms with Gasteiger partial charge in [-0.15, -0.1) is 0 Å². The van der Waals surface area contributed by atoms with Gasteiger partial charge in [-0.3, -0.25) is 24.0 Å². The summed E-state index contributed by atoms with van der Waals surface area (Å²) in [5.74, 6) is -1.18. The zero-order chi connectivity index (χ0) is 23.2. The molecule has 11 nitrogen and oxygen atoms in total. The van der Waals surface area contributed by atoms with Crippen LogP contribution in [0.25, 0.3) is 0 Å². The van der Waals surface area contributed by atoms with Gasteiger partial charge in [-0.25, -0.2) is 8.42 Å². The largest absolute Gasteiger partial charge is 0.495 e. The van der Waals surface area contributed by atoms with E-state index in [0.29, 0.717) is 9.99 Å². The summed E-state index contributed by atoms with van der Waals surface area (Å²) < 4.78 is 37.4. The molecule has 0 heterocycles. The van der Waals surface area contributed by atoms with Crippen molar-refractivity contribution < 1.29 is 32.4 Å². The first-order valence-corrected chi connectivity index (χ1v) is 10.4. The van der Waals surface area contributed by atoms with Crippen molar-refractivity contribution in [2.45, 2.75) is 18.7 Å². The molecule has 0 aliphatic rings. The van der Waals surface area contributed by atoms with Gasteiger partial charge >= 0.3 is 5.97 Å². The number of benzene rings is 2. The third-order valence-corrected chi connectivity index (χ3v) is 5.76. The Bertz CT molecular complexity index is 1080. The first-order valence-electron chi connectivity index (χ1n) is 8.98. The molecule has 166 valence electrons. The molecule has 0 fully saturated rings. The summed E-state index contributed by atoms with van der Waals surface area (Å²) in [6, 6.07) is 8.62. The maximum absolute atomic E-state index is 13.4. The molecule has 0 unspecified atom stereocenters. The zero-order valence-electron chi connectivity index (χ0n) is 17.0. The molecule has 0 spiro atoms. The van der Waals surface area contributed by atoms with Crippen LogP contribution in [-0.2, 0) is 24.3 Å². The number of anilines is 2. The Morgan fingerprint density at radius 3 is 2.32 bits per heavy atom. The predicted molar refractivity (Wildman–Crippen MR) is 112 cm³/mol. The van der Waals surface area contributed by atoms with Crippen LogP contribution < -0.4 is 14.4 Å². The lowest BCUT2D eigenvalue weighted by Gasteiger charge is -2.25. The van der Waals surface area contributed by atoms with Crippen LogP contribution in [0.2, 0.25) is 0 Å². The summed E-state index contributed by atoms with van der Waals surface area (Å²) in [7, 11) is -3.10. The summed E-state index contributed by atoms with van der Waals surface area (Å²) in [6.07, 6.45) is 0. The van der Waals surface area contributed by atoms with Gasteiger partial charge in [-0.2, -0.15) is 0 Å². The molecule has 31 heavy (non-hydrogen) atoms. The highest BCUT2D eigenvalue weighted by Gasteiger charge is 2.31. The van der Waals surface area contributed by atoms with Crippen molar-refractivity contribution in [1.82, 2.24) is 0 Å². The molecule has 0 aliphatic heterocycles. The Kier molecular flexibility index (Phi) is 7.53. The fraction of sp³-hybridized carbons (Fsp3) is 0.263. The number of nitrogens with one attached hydrogen (secondary N) is 1. The molecule has 0 saturated heterocycles. The molecule has 0 saturated carbocycles. The molecule has 0 bridgehead atoms. The monoisotopic (exact) mass is 451 g/mol. The number of carbonyl (C=O) groups is 2. The number of hydrogen-bond acceptors (Lipinski definition) is 8. The van der Waals surface area contributed by atoms with Crippen LogP contribution in [0.5, 0.6) is 5.75 Å². The van der Waals surface area contributed by atoms with Crippen molar-refractivity contribution in [3.8, 4) is 5.75 Å². The molecule has 12 heteroatoms. The van der Waals surface area contributed by atoms with Gasteiger partial charge in [0.1, 0.15) is 18.0 Å². The topological polar surface area (TPSA) is 145 Å². The van der Waals surface area contributed by atoms with E-state index in [2.05, 4.69) is 5.32 Å². The number of carbonyl (C=O) groups excluding carboxylic acids is 2. The van der Waals surface area contributed by atoms with Crippen LogP contribution in [0.3, 0.4) is 0 Å². The van der Waals surface area contributed by atoms with E-state index in [1.165, 1.54) is 44.4 Å². The van der Waals surface area contributed by atoms with Crippen molar-refractivity contribution >= 4 is 39.0 Å². The molecule has 0 aliphatic carbocycles.